The molecule has 5 heteroatoms. The van der Waals surface area contributed by atoms with Crippen molar-refractivity contribution < 1.29 is 4.79 Å². The number of anilines is 1. The molecule has 1 N–H and O–H groups in total. The molecule has 2 aliphatic rings. The number of carbonyl (C=O) groups is 1. The molecule has 1 fully saturated rings. The molecule has 2 bridgehead atoms. The van der Waals surface area contributed by atoms with Crippen LogP contribution in [0, 0.1) is 13.8 Å². The van der Waals surface area contributed by atoms with Crippen LogP contribution in [0.5, 0.6) is 0 Å². The topological polar surface area (TPSA) is 58.1 Å². The summed E-state index contributed by atoms with van der Waals surface area (Å²) in [7, 11) is 0. The number of hydrogen-bond donors (Lipinski definition) is 1. The number of nitrogens with zero attached hydrogens (tertiary/aromatic N) is 3. The zero-order valence-corrected chi connectivity index (χ0v) is 13.4. The van der Waals surface area contributed by atoms with Crippen molar-refractivity contribution in [3.8, 4) is 0 Å². The minimum absolute atomic E-state index is 0.0183. The molecule has 2 unspecified atom stereocenters. The van der Waals surface area contributed by atoms with Crippen molar-refractivity contribution in [1.29, 1.82) is 0 Å². The van der Waals surface area contributed by atoms with Crippen molar-refractivity contribution >= 4 is 11.7 Å². The molecule has 23 heavy (non-hydrogen) atoms. The largest absolute Gasteiger partial charge is 0.322 e. The van der Waals surface area contributed by atoms with Gasteiger partial charge in [0.2, 0.25) is 0 Å². The average Bonchev–Trinajstić information content (AvgIpc) is 2.86. The van der Waals surface area contributed by atoms with E-state index in [0.717, 1.165) is 36.2 Å². The Hall–Kier alpha value is -2.43. The van der Waals surface area contributed by atoms with Crippen molar-refractivity contribution in [1.82, 2.24) is 14.9 Å². The van der Waals surface area contributed by atoms with E-state index in [1.54, 1.807) is 6.33 Å². The highest BCUT2D eigenvalue weighted by atomic mass is 16.2. The lowest BCUT2D eigenvalue weighted by Gasteiger charge is -2.35. The SMILES string of the molecule is Cc1ccc(NC(=O)N2C3CCC2c2cncnc2C3)cc1C. The number of benzene rings is 1. The molecular weight excluding hydrogens is 288 g/mol. The van der Waals surface area contributed by atoms with Gasteiger partial charge < -0.3 is 10.2 Å². The quantitative estimate of drug-likeness (QED) is 0.878. The Morgan fingerprint density at radius 2 is 2.13 bits per heavy atom. The molecule has 0 aliphatic carbocycles. The van der Waals surface area contributed by atoms with Crippen molar-refractivity contribution in [2.75, 3.05) is 5.32 Å². The first-order valence-electron chi connectivity index (χ1n) is 8.09. The van der Waals surface area contributed by atoms with E-state index in [0.29, 0.717) is 0 Å². The van der Waals surface area contributed by atoms with Gasteiger partial charge in [0.25, 0.3) is 0 Å². The molecule has 0 radical (unpaired) electrons. The highest BCUT2D eigenvalue weighted by Crippen LogP contribution is 2.42. The number of carbonyl (C=O) groups excluding carboxylic acids is 1. The number of amides is 2. The summed E-state index contributed by atoms with van der Waals surface area (Å²) in [6, 6.07) is 6.36. The Bertz CT molecular complexity index is 773. The summed E-state index contributed by atoms with van der Waals surface area (Å²) in [5, 5.41) is 3.06. The van der Waals surface area contributed by atoms with Crippen molar-refractivity contribution in [2.45, 2.75) is 45.2 Å². The van der Waals surface area contributed by atoms with Crippen molar-refractivity contribution in [3.63, 3.8) is 0 Å². The predicted molar refractivity (Wildman–Crippen MR) is 88.3 cm³/mol. The zero-order chi connectivity index (χ0) is 16.0. The number of aryl methyl sites for hydroxylation is 2. The van der Waals surface area contributed by atoms with E-state index in [9.17, 15) is 4.79 Å². The van der Waals surface area contributed by atoms with E-state index in [1.807, 2.05) is 29.3 Å². The molecule has 2 amide bonds. The maximum absolute atomic E-state index is 12.8. The molecule has 0 saturated carbocycles. The summed E-state index contributed by atoms with van der Waals surface area (Å²) in [4.78, 5) is 23.3. The number of hydrogen-bond acceptors (Lipinski definition) is 3. The maximum atomic E-state index is 12.8. The summed E-state index contributed by atoms with van der Waals surface area (Å²) in [6.45, 7) is 4.13. The van der Waals surface area contributed by atoms with Crippen LogP contribution in [0.25, 0.3) is 0 Å². The van der Waals surface area contributed by atoms with Gasteiger partial charge in [-0.05, 0) is 49.9 Å². The van der Waals surface area contributed by atoms with E-state index in [1.165, 1.54) is 11.1 Å². The van der Waals surface area contributed by atoms with Gasteiger partial charge in [0, 0.05) is 29.9 Å². The van der Waals surface area contributed by atoms with Crippen LogP contribution < -0.4 is 5.32 Å². The fourth-order valence-corrected chi connectivity index (χ4v) is 3.74. The Morgan fingerprint density at radius 1 is 1.26 bits per heavy atom. The van der Waals surface area contributed by atoms with Crippen molar-refractivity contribution in [3.05, 3.63) is 53.1 Å². The Labute approximate surface area is 135 Å². The highest BCUT2D eigenvalue weighted by molar-refractivity contribution is 5.90. The first kappa shape index (κ1) is 14.2. The molecule has 1 aromatic carbocycles. The van der Waals surface area contributed by atoms with Gasteiger partial charge in [0.1, 0.15) is 6.33 Å². The Balaban J connectivity index is 1.59. The van der Waals surface area contributed by atoms with E-state index < -0.39 is 0 Å². The van der Waals surface area contributed by atoms with Gasteiger partial charge in [0.15, 0.2) is 0 Å². The van der Waals surface area contributed by atoms with Gasteiger partial charge in [-0.3, -0.25) is 0 Å². The molecule has 2 aromatic rings. The highest BCUT2D eigenvalue weighted by Gasteiger charge is 2.43. The molecule has 118 valence electrons. The van der Waals surface area contributed by atoms with E-state index in [-0.39, 0.29) is 18.1 Å². The fourth-order valence-electron chi connectivity index (χ4n) is 3.74. The third-order valence-electron chi connectivity index (χ3n) is 5.11. The predicted octanol–water partition coefficient (Wildman–Crippen LogP) is 3.39. The second kappa shape index (κ2) is 5.33. The monoisotopic (exact) mass is 308 g/mol. The molecule has 2 atom stereocenters. The van der Waals surface area contributed by atoms with Crippen LogP contribution in [0.3, 0.4) is 0 Å². The van der Waals surface area contributed by atoms with Crippen LogP contribution in [0.15, 0.2) is 30.7 Å². The maximum Gasteiger partial charge on any atom is 0.322 e. The van der Waals surface area contributed by atoms with Gasteiger partial charge in [-0.2, -0.15) is 0 Å². The number of urea groups is 1. The molecule has 3 heterocycles. The van der Waals surface area contributed by atoms with Crippen LogP contribution in [0.1, 0.15) is 41.3 Å². The van der Waals surface area contributed by atoms with Gasteiger partial charge in [-0.15, -0.1) is 0 Å². The summed E-state index contributed by atoms with van der Waals surface area (Å²) in [5.41, 5.74) is 5.47. The van der Waals surface area contributed by atoms with Gasteiger partial charge in [0.05, 0.1) is 11.7 Å². The lowest BCUT2D eigenvalue weighted by Crippen LogP contribution is -2.44. The molecule has 1 saturated heterocycles. The van der Waals surface area contributed by atoms with Crippen LogP contribution in [-0.2, 0) is 6.42 Å². The van der Waals surface area contributed by atoms with Crippen molar-refractivity contribution in [2.24, 2.45) is 0 Å². The summed E-state index contributed by atoms with van der Waals surface area (Å²) < 4.78 is 0. The van der Waals surface area contributed by atoms with Crippen LogP contribution in [0.2, 0.25) is 0 Å². The third-order valence-corrected chi connectivity index (χ3v) is 5.11. The van der Waals surface area contributed by atoms with Crippen LogP contribution >= 0.6 is 0 Å². The van der Waals surface area contributed by atoms with Gasteiger partial charge >= 0.3 is 6.03 Å². The molecule has 5 nitrogen and oxygen atoms in total. The minimum atomic E-state index is -0.0183. The summed E-state index contributed by atoms with van der Waals surface area (Å²) >= 11 is 0. The summed E-state index contributed by atoms with van der Waals surface area (Å²) in [6.07, 6.45) is 6.31. The number of fused-ring (bicyclic) bond motifs is 4. The normalized spacial score (nSPS) is 21.9. The zero-order valence-electron chi connectivity index (χ0n) is 13.4. The number of rotatable bonds is 1. The lowest BCUT2D eigenvalue weighted by molar-refractivity contribution is 0.178. The second-order valence-electron chi connectivity index (χ2n) is 6.51. The first-order chi connectivity index (χ1) is 11.1. The smallest absolute Gasteiger partial charge is 0.314 e. The lowest BCUT2D eigenvalue weighted by atomic mass is 10.00. The minimum Gasteiger partial charge on any atom is -0.314 e. The summed E-state index contributed by atoms with van der Waals surface area (Å²) in [5.74, 6) is 0. The van der Waals surface area contributed by atoms with E-state index in [2.05, 4.69) is 29.1 Å². The van der Waals surface area contributed by atoms with E-state index >= 15 is 0 Å². The molecular formula is C18H20N4O. The molecule has 4 rings (SSSR count). The average molecular weight is 308 g/mol. The second-order valence-corrected chi connectivity index (χ2v) is 6.51. The van der Waals surface area contributed by atoms with E-state index in [4.69, 9.17) is 0 Å². The Kier molecular flexibility index (Phi) is 3.29. The molecule has 1 aromatic heterocycles. The Morgan fingerprint density at radius 3 is 2.96 bits per heavy atom. The van der Waals surface area contributed by atoms with Gasteiger partial charge in [-0.25, -0.2) is 14.8 Å². The molecule has 0 spiro atoms. The van der Waals surface area contributed by atoms with Crippen LogP contribution in [-0.4, -0.2) is 26.9 Å². The molecule has 2 aliphatic heterocycles. The van der Waals surface area contributed by atoms with Crippen LogP contribution in [0.4, 0.5) is 10.5 Å². The standard InChI is InChI=1S/C18H20N4O/c1-11-3-4-13(7-12(11)2)21-18(23)22-14-5-6-17(22)15-9-19-10-20-16(15)8-14/h3-4,7,9-10,14,17H,5-6,8H2,1-2H3,(H,21,23). The first-order valence-corrected chi connectivity index (χ1v) is 8.09. The number of aromatic nitrogens is 2. The fraction of sp³-hybridized carbons (Fsp3) is 0.389. The third kappa shape index (κ3) is 2.36. The van der Waals surface area contributed by atoms with Gasteiger partial charge in [-0.1, -0.05) is 6.07 Å². The number of nitrogens with one attached hydrogen (secondary N) is 1.